The molecule has 2 aromatic carbocycles. The van der Waals surface area contributed by atoms with Crippen LogP contribution in [0, 0.1) is 17.8 Å². The number of ether oxygens (including phenoxy) is 2. The molecule has 9 nitrogen and oxygen atoms in total. The number of carboxylic acid groups (broad SMARTS) is 1. The van der Waals surface area contributed by atoms with Gasteiger partial charge in [-0.25, -0.2) is 23.2 Å². The van der Waals surface area contributed by atoms with Gasteiger partial charge in [-0.15, -0.1) is 0 Å². The molecule has 11 heteroatoms. The van der Waals surface area contributed by atoms with E-state index in [2.05, 4.69) is 27.0 Å². The number of hydrogen-bond acceptors (Lipinski definition) is 8. The summed E-state index contributed by atoms with van der Waals surface area (Å²) in [6, 6.07) is 13.0. The Bertz CT molecular complexity index is 1740. The highest BCUT2D eigenvalue weighted by Crippen LogP contribution is 2.48. The Morgan fingerprint density at radius 2 is 1.96 bits per heavy atom. The number of halogens is 1. The maximum absolute atomic E-state index is 13.5. The summed E-state index contributed by atoms with van der Waals surface area (Å²) in [5, 5.41) is 10.0. The zero-order valence-corrected chi connectivity index (χ0v) is 28.3. The predicted octanol–water partition coefficient (Wildman–Crippen LogP) is 6.38. The minimum atomic E-state index is -3.64. The molecule has 6 atom stereocenters. The highest BCUT2D eigenvalue weighted by molar-refractivity contribution is 7.91. The van der Waals surface area contributed by atoms with Gasteiger partial charge >= 0.3 is 5.97 Å². The molecule has 0 radical (unpaired) electrons. The van der Waals surface area contributed by atoms with Gasteiger partial charge in [-0.3, -0.25) is 0 Å². The van der Waals surface area contributed by atoms with E-state index < -0.39 is 21.1 Å². The van der Waals surface area contributed by atoms with Crippen LogP contribution in [0.15, 0.2) is 60.0 Å². The molecule has 47 heavy (non-hydrogen) atoms. The van der Waals surface area contributed by atoms with Crippen LogP contribution in [0.1, 0.15) is 72.9 Å². The lowest BCUT2D eigenvalue weighted by Gasteiger charge is -2.48. The smallest absolute Gasteiger partial charge is 0.335 e. The van der Waals surface area contributed by atoms with Gasteiger partial charge in [-0.05, 0) is 117 Å². The zero-order chi connectivity index (χ0) is 32.8. The third-order valence-electron chi connectivity index (χ3n) is 11.3. The first-order valence-corrected chi connectivity index (χ1v) is 18.7. The molecule has 0 amide bonds. The van der Waals surface area contributed by atoms with Crippen molar-refractivity contribution in [3.8, 4) is 5.75 Å². The lowest BCUT2D eigenvalue weighted by atomic mass is 9.65. The molecule has 3 aliphatic carbocycles. The second kappa shape index (κ2) is 13.0. The maximum atomic E-state index is 13.5. The van der Waals surface area contributed by atoms with Crippen molar-refractivity contribution in [2.45, 2.75) is 79.7 Å². The number of carbonyl (C=O) groups is 1. The highest BCUT2D eigenvalue weighted by atomic mass is 35.5. The van der Waals surface area contributed by atoms with Crippen molar-refractivity contribution < 1.29 is 27.8 Å². The topological polar surface area (TPSA) is 119 Å². The van der Waals surface area contributed by atoms with Gasteiger partial charge in [0.25, 0.3) is 0 Å². The lowest BCUT2D eigenvalue weighted by Crippen LogP contribution is -2.51. The van der Waals surface area contributed by atoms with Crippen molar-refractivity contribution in [1.29, 1.82) is 0 Å². The Kier molecular flexibility index (Phi) is 8.95. The molecular weight excluding hydrogens is 638 g/mol. The Balaban J connectivity index is 1.16. The lowest BCUT2D eigenvalue weighted by molar-refractivity contribution is -0.0589. The normalized spacial score (nSPS) is 27.9. The fraction of sp³-hybridized carbons (Fsp3) is 0.528. The number of carboxylic acids is 1. The Labute approximate surface area is 281 Å². The summed E-state index contributed by atoms with van der Waals surface area (Å²) in [4.78, 5) is 22.6. The number of aryl methyl sites for hydroxylation is 1. The molecule has 4 aliphatic rings. The van der Waals surface area contributed by atoms with Crippen molar-refractivity contribution in [3.63, 3.8) is 0 Å². The van der Waals surface area contributed by atoms with Crippen molar-refractivity contribution in [1.82, 2.24) is 9.97 Å². The summed E-state index contributed by atoms with van der Waals surface area (Å²) in [7, 11) is -1.88. The van der Waals surface area contributed by atoms with Gasteiger partial charge in [0.2, 0.25) is 15.0 Å². The van der Waals surface area contributed by atoms with Gasteiger partial charge in [-0.1, -0.05) is 24.1 Å². The molecular formula is C36H42ClN3O6S. The SMILES string of the molecule is CO[C@@H]([C@@H]1CCC[C@H](S(=O)(=O)c2ncccn2)C1)[C@@H]1CC[C@H]1CN1CC2(CCCc3cc(Cl)ccc32)COc2ccc(C(=O)O)cc21. The first-order valence-electron chi connectivity index (χ1n) is 16.8. The van der Waals surface area contributed by atoms with Crippen LogP contribution in [0.25, 0.3) is 0 Å². The molecule has 1 aromatic heterocycles. The van der Waals surface area contributed by atoms with E-state index in [9.17, 15) is 18.3 Å². The predicted molar refractivity (Wildman–Crippen MR) is 179 cm³/mol. The minimum absolute atomic E-state index is 0.0667. The number of methoxy groups -OCH3 is 1. The van der Waals surface area contributed by atoms with Crippen molar-refractivity contribution in [3.05, 3.63) is 76.6 Å². The second-order valence-electron chi connectivity index (χ2n) is 13.9. The van der Waals surface area contributed by atoms with E-state index in [-0.39, 0.29) is 34.1 Å². The van der Waals surface area contributed by atoms with E-state index in [0.29, 0.717) is 37.7 Å². The maximum Gasteiger partial charge on any atom is 0.335 e. The quantitative estimate of drug-likeness (QED) is 0.271. The van der Waals surface area contributed by atoms with Gasteiger partial charge in [-0.2, -0.15) is 0 Å². The van der Waals surface area contributed by atoms with Crippen LogP contribution in [0.5, 0.6) is 5.75 Å². The summed E-state index contributed by atoms with van der Waals surface area (Å²) in [5.41, 5.74) is 3.31. The van der Waals surface area contributed by atoms with Crippen LogP contribution in [-0.2, 0) is 26.4 Å². The number of sulfone groups is 1. The number of rotatable bonds is 8. The fourth-order valence-electron chi connectivity index (χ4n) is 8.84. The molecule has 250 valence electrons. The van der Waals surface area contributed by atoms with Crippen LogP contribution < -0.4 is 9.64 Å². The molecule has 1 unspecified atom stereocenters. The summed E-state index contributed by atoms with van der Waals surface area (Å²) in [6.07, 6.45) is 10.8. The van der Waals surface area contributed by atoms with Gasteiger partial charge in [0.05, 0.1) is 29.2 Å². The summed E-state index contributed by atoms with van der Waals surface area (Å²) in [6.45, 7) is 1.95. The number of benzene rings is 2. The molecule has 1 spiro atoms. The van der Waals surface area contributed by atoms with E-state index >= 15 is 0 Å². The third kappa shape index (κ3) is 6.13. The molecule has 2 saturated carbocycles. The molecule has 1 N–H and O–H groups in total. The molecule has 3 aromatic rings. The molecule has 0 saturated heterocycles. The number of nitrogens with zero attached hydrogens (tertiary/aromatic N) is 3. The number of aromatic carboxylic acids is 1. The van der Waals surface area contributed by atoms with Crippen molar-refractivity contribution in [2.24, 2.45) is 17.8 Å². The number of hydrogen-bond donors (Lipinski definition) is 1. The molecule has 0 bridgehead atoms. The van der Waals surface area contributed by atoms with Gasteiger partial charge in [0, 0.05) is 43.0 Å². The number of anilines is 1. The van der Waals surface area contributed by atoms with Crippen LogP contribution >= 0.6 is 11.6 Å². The van der Waals surface area contributed by atoms with Crippen molar-refractivity contribution in [2.75, 3.05) is 31.7 Å². The first-order chi connectivity index (χ1) is 22.7. The Hall–Kier alpha value is -3.21. The Morgan fingerprint density at radius 1 is 1.13 bits per heavy atom. The number of aromatic nitrogens is 2. The van der Waals surface area contributed by atoms with E-state index in [1.54, 1.807) is 31.4 Å². The monoisotopic (exact) mass is 679 g/mol. The molecule has 1 aliphatic heterocycles. The number of fused-ring (bicyclic) bond motifs is 3. The fourth-order valence-corrected chi connectivity index (χ4v) is 10.7. The highest BCUT2D eigenvalue weighted by Gasteiger charge is 2.47. The van der Waals surface area contributed by atoms with Crippen LogP contribution in [-0.4, -0.2) is 67.6 Å². The van der Waals surface area contributed by atoms with Crippen molar-refractivity contribution >= 4 is 33.1 Å². The average molecular weight is 680 g/mol. The van der Waals surface area contributed by atoms with E-state index in [4.69, 9.17) is 21.1 Å². The third-order valence-corrected chi connectivity index (χ3v) is 13.5. The van der Waals surface area contributed by atoms with Crippen LogP contribution in [0.2, 0.25) is 5.02 Å². The van der Waals surface area contributed by atoms with Gasteiger partial charge < -0.3 is 19.5 Å². The summed E-state index contributed by atoms with van der Waals surface area (Å²) in [5.74, 6) is 0.426. The van der Waals surface area contributed by atoms with Crippen LogP contribution in [0.3, 0.4) is 0 Å². The van der Waals surface area contributed by atoms with Gasteiger partial charge in [0.1, 0.15) is 5.75 Å². The van der Waals surface area contributed by atoms with E-state index in [1.165, 1.54) is 23.5 Å². The van der Waals surface area contributed by atoms with E-state index in [0.717, 1.165) is 62.2 Å². The summed E-state index contributed by atoms with van der Waals surface area (Å²) < 4.78 is 39.7. The minimum Gasteiger partial charge on any atom is -0.490 e. The van der Waals surface area contributed by atoms with E-state index in [1.807, 2.05) is 6.07 Å². The largest absolute Gasteiger partial charge is 0.490 e. The second-order valence-corrected chi connectivity index (χ2v) is 16.5. The molecule has 2 fully saturated rings. The average Bonchev–Trinajstić information content (AvgIpc) is 3.22. The molecule has 2 heterocycles. The first kappa shape index (κ1) is 32.3. The van der Waals surface area contributed by atoms with Crippen LogP contribution in [0.4, 0.5) is 5.69 Å². The van der Waals surface area contributed by atoms with Gasteiger partial charge in [0.15, 0.2) is 0 Å². The standard InChI is InChI=1S/C36H42ClN3O6S/c1-45-33(24-5-2-7-28(18-24)47(43,44)35-38-15-4-16-39-35)29-11-8-26(29)20-40-21-36(14-3-6-23-17-27(37)10-12-30(23)36)22-46-32-13-9-25(34(41)42)19-31(32)40/h4,9-10,12-13,15-17,19,24,26,28-29,33H,2-3,5-8,11,14,18,20-22H2,1H3,(H,41,42)/t24-,26+,28+,29-,33+,36?/m1/s1. The molecule has 7 rings (SSSR count). The zero-order valence-electron chi connectivity index (χ0n) is 26.7. The summed E-state index contributed by atoms with van der Waals surface area (Å²) >= 11 is 6.42. The Morgan fingerprint density at radius 3 is 2.70 bits per heavy atom.